The fourth-order valence-corrected chi connectivity index (χ4v) is 4.85. The predicted molar refractivity (Wildman–Crippen MR) is 112 cm³/mol. The molecule has 0 bridgehead atoms. The highest BCUT2D eigenvalue weighted by molar-refractivity contribution is 5.91. The van der Waals surface area contributed by atoms with Crippen LogP contribution >= 0.6 is 0 Å². The van der Waals surface area contributed by atoms with Crippen molar-refractivity contribution in [2.75, 3.05) is 40.3 Å². The number of piperidine rings is 1. The normalized spacial score (nSPS) is 25.7. The summed E-state index contributed by atoms with van der Waals surface area (Å²) in [7, 11) is 3.98. The molecule has 29 heavy (non-hydrogen) atoms. The zero-order valence-electron chi connectivity index (χ0n) is 17.4. The van der Waals surface area contributed by atoms with Crippen LogP contribution in [0.25, 0.3) is 0 Å². The lowest BCUT2D eigenvalue weighted by atomic mass is 9.77. The fourth-order valence-electron chi connectivity index (χ4n) is 4.85. The molecule has 0 radical (unpaired) electrons. The van der Waals surface area contributed by atoms with Crippen LogP contribution in [0.4, 0.5) is 0 Å². The van der Waals surface area contributed by atoms with E-state index < -0.39 is 11.6 Å². The van der Waals surface area contributed by atoms with E-state index in [4.69, 9.17) is 4.42 Å². The lowest BCUT2D eigenvalue weighted by Crippen LogP contribution is -2.60. The average Bonchev–Trinajstić information content (AvgIpc) is 3.40. The molecule has 2 saturated heterocycles. The number of β-amino-alcohol motifs (C(OH)–C–C–N with tert-alkyl or cyclic N) is 1. The van der Waals surface area contributed by atoms with Crippen molar-refractivity contribution in [3.8, 4) is 0 Å². The van der Waals surface area contributed by atoms with Crippen LogP contribution in [0.1, 0.15) is 41.1 Å². The van der Waals surface area contributed by atoms with Gasteiger partial charge in [0.25, 0.3) is 5.91 Å². The molecule has 1 aromatic carbocycles. The molecule has 0 aliphatic carbocycles. The molecule has 0 saturated carbocycles. The number of rotatable bonds is 5. The van der Waals surface area contributed by atoms with Crippen molar-refractivity contribution in [1.29, 1.82) is 0 Å². The van der Waals surface area contributed by atoms with Crippen molar-refractivity contribution in [3.05, 3.63) is 59.5 Å². The molecule has 2 aliphatic heterocycles. The van der Waals surface area contributed by atoms with Gasteiger partial charge in [0.2, 0.25) is 0 Å². The smallest absolute Gasteiger partial charge is 0.289 e. The lowest BCUT2D eigenvalue weighted by Gasteiger charge is -2.49. The van der Waals surface area contributed by atoms with Crippen LogP contribution in [0.3, 0.4) is 0 Å². The number of likely N-dealkylation sites (N-methyl/N-ethyl adjacent to an activating group) is 1. The fraction of sp³-hybridized carbons (Fsp3) is 0.522. The maximum atomic E-state index is 13.0. The van der Waals surface area contributed by atoms with Gasteiger partial charge < -0.3 is 14.4 Å². The predicted octanol–water partition coefficient (Wildman–Crippen LogP) is 2.54. The molecule has 1 amide bonds. The Hall–Kier alpha value is -2.15. The number of furan rings is 1. The second kappa shape index (κ2) is 8.30. The highest BCUT2D eigenvalue weighted by atomic mass is 16.4. The first-order chi connectivity index (χ1) is 14.0. The summed E-state index contributed by atoms with van der Waals surface area (Å²) in [6.45, 7) is 3.80. The van der Waals surface area contributed by atoms with E-state index in [1.165, 1.54) is 12.8 Å². The molecule has 156 valence electrons. The van der Waals surface area contributed by atoms with Crippen LogP contribution in [0, 0.1) is 0 Å². The van der Waals surface area contributed by atoms with Crippen molar-refractivity contribution < 1.29 is 14.3 Å². The Bertz CT molecular complexity index is 829. The third-order valence-corrected chi connectivity index (χ3v) is 6.52. The molecule has 3 heterocycles. The van der Waals surface area contributed by atoms with Gasteiger partial charge in [-0.3, -0.25) is 14.6 Å². The van der Waals surface area contributed by atoms with Gasteiger partial charge >= 0.3 is 0 Å². The molecule has 2 aliphatic rings. The number of aliphatic hydroxyl groups is 1. The number of nitrogens with zero attached hydrogens (tertiary/aromatic N) is 3. The minimum Gasteiger partial charge on any atom is -0.455 e. The first kappa shape index (κ1) is 20.1. The topological polar surface area (TPSA) is 60.2 Å². The number of aliphatic hydroxyl groups excluding tert-OH is 1. The Morgan fingerprint density at radius 3 is 2.52 bits per heavy atom. The average molecular weight is 398 g/mol. The molecule has 0 spiro atoms. The van der Waals surface area contributed by atoms with Crippen LogP contribution in [0.15, 0.2) is 46.9 Å². The van der Waals surface area contributed by atoms with E-state index in [1.54, 1.807) is 11.0 Å². The molecule has 2 atom stereocenters. The van der Waals surface area contributed by atoms with E-state index in [0.29, 0.717) is 18.7 Å². The minimum absolute atomic E-state index is 0.142. The maximum absolute atomic E-state index is 13.0. The molecule has 1 aromatic heterocycles. The van der Waals surface area contributed by atoms with Crippen molar-refractivity contribution in [2.45, 2.75) is 37.5 Å². The maximum Gasteiger partial charge on any atom is 0.289 e. The first-order valence-corrected chi connectivity index (χ1v) is 10.5. The van der Waals surface area contributed by atoms with Gasteiger partial charge in [-0.25, -0.2) is 0 Å². The molecule has 4 rings (SSSR count). The summed E-state index contributed by atoms with van der Waals surface area (Å²) in [5.41, 5.74) is 0.581. The van der Waals surface area contributed by atoms with Crippen LogP contribution < -0.4 is 0 Å². The molecule has 1 N–H and O–H groups in total. The van der Waals surface area contributed by atoms with Crippen LogP contribution in [-0.2, 0) is 12.1 Å². The number of benzene rings is 1. The lowest BCUT2D eigenvalue weighted by molar-refractivity contribution is -0.0617. The number of likely N-dealkylation sites (tertiary alicyclic amines) is 2. The van der Waals surface area contributed by atoms with E-state index >= 15 is 0 Å². The highest BCUT2D eigenvalue weighted by Gasteiger charge is 2.46. The summed E-state index contributed by atoms with van der Waals surface area (Å²) in [4.78, 5) is 19.2. The van der Waals surface area contributed by atoms with E-state index in [2.05, 4.69) is 21.9 Å². The Kier molecular flexibility index (Phi) is 5.76. The summed E-state index contributed by atoms with van der Waals surface area (Å²) in [5.74, 6) is 1.06. The monoisotopic (exact) mass is 397 g/mol. The van der Waals surface area contributed by atoms with Gasteiger partial charge in [0.05, 0.1) is 18.2 Å². The second-order valence-electron chi connectivity index (χ2n) is 8.45. The van der Waals surface area contributed by atoms with E-state index in [-0.39, 0.29) is 12.5 Å². The molecular formula is C23H31N3O3. The minimum atomic E-state index is -0.684. The number of amides is 1. The molecular weight excluding hydrogens is 366 g/mol. The van der Waals surface area contributed by atoms with Crippen molar-refractivity contribution in [3.63, 3.8) is 0 Å². The van der Waals surface area contributed by atoms with Gasteiger partial charge in [0.15, 0.2) is 5.76 Å². The van der Waals surface area contributed by atoms with Crippen LogP contribution in [0.5, 0.6) is 0 Å². The van der Waals surface area contributed by atoms with Gasteiger partial charge in [-0.05, 0) is 64.1 Å². The summed E-state index contributed by atoms with van der Waals surface area (Å²) in [6.07, 6.45) is 2.44. The van der Waals surface area contributed by atoms with E-state index in [0.717, 1.165) is 31.0 Å². The highest BCUT2D eigenvalue weighted by Crippen LogP contribution is 2.38. The summed E-state index contributed by atoms with van der Waals surface area (Å²) < 4.78 is 5.85. The number of carbonyl (C=O) groups is 1. The number of hydrogen-bond acceptors (Lipinski definition) is 5. The first-order valence-electron chi connectivity index (χ1n) is 10.5. The molecule has 6 heteroatoms. The zero-order valence-corrected chi connectivity index (χ0v) is 17.4. The number of hydrogen-bond donors (Lipinski definition) is 1. The third kappa shape index (κ3) is 3.84. The van der Waals surface area contributed by atoms with Crippen molar-refractivity contribution >= 4 is 5.91 Å². The zero-order chi connectivity index (χ0) is 20.4. The second-order valence-corrected chi connectivity index (χ2v) is 8.45. The van der Waals surface area contributed by atoms with Gasteiger partial charge in [-0.1, -0.05) is 30.3 Å². The molecule has 6 nitrogen and oxygen atoms in total. The van der Waals surface area contributed by atoms with E-state index in [9.17, 15) is 9.90 Å². The third-order valence-electron chi connectivity index (χ3n) is 6.52. The van der Waals surface area contributed by atoms with Gasteiger partial charge in [0.1, 0.15) is 5.76 Å². The quantitative estimate of drug-likeness (QED) is 0.840. The standard InChI is InChI=1S/C23H31N3O3/c1-24(2)23(18-8-4-3-5-9-18)12-15-26(17-21(23)27)22(28)20-11-10-19(29-20)16-25-13-6-7-14-25/h3-5,8-11,21,27H,6-7,12-17H2,1-2H3/t21-,23+/m1/s1. The van der Waals surface area contributed by atoms with Gasteiger partial charge in [-0.15, -0.1) is 0 Å². The van der Waals surface area contributed by atoms with Crippen molar-refractivity contribution in [1.82, 2.24) is 14.7 Å². The molecule has 0 unspecified atom stereocenters. The van der Waals surface area contributed by atoms with Crippen LogP contribution in [0.2, 0.25) is 0 Å². The summed E-state index contributed by atoms with van der Waals surface area (Å²) in [6, 6.07) is 13.8. The van der Waals surface area contributed by atoms with Gasteiger partial charge in [-0.2, -0.15) is 0 Å². The SMILES string of the molecule is CN(C)[C@]1(c2ccccc2)CCN(C(=O)c2ccc(CN3CCCC3)o2)C[C@H]1O. The summed E-state index contributed by atoms with van der Waals surface area (Å²) >= 11 is 0. The largest absolute Gasteiger partial charge is 0.455 e. The Morgan fingerprint density at radius 2 is 1.86 bits per heavy atom. The van der Waals surface area contributed by atoms with E-state index in [1.807, 2.05) is 38.4 Å². The molecule has 2 aromatic rings. The molecule has 2 fully saturated rings. The Morgan fingerprint density at radius 1 is 1.14 bits per heavy atom. The number of carbonyl (C=O) groups excluding carboxylic acids is 1. The Labute approximate surface area is 172 Å². The van der Waals surface area contributed by atoms with Crippen molar-refractivity contribution in [2.24, 2.45) is 0 Å². The van der Waals surface area contributed by atoms with Gasteiger partial charge in [0, 0.05) is 13.1 Å². The Balaban J connectivity index is 1.46. The summed E-state index contributed by atoms with van der Waals surface area (Å²) in [5, 5.41) is 11.1. The van der Waals surface area contributed by atoms with Crippen LogP contribution in [-0.4, -0.2) is 72.1 Å².